The van der Waals surface area contributed by atoms with Gasteiger partial charge in [0.15, 0.2) is 0 Å². The van der Waals surface area contributed by atoms with Gasteiger partial charge in [-0.3, -0.25) is 14.4 Å². The van der Waals surface area contributed by atoms with Crippen LogP contribution < -0.4 is 21.3 Å². The minimum Gasteiger partial charge on any atom is -0.453 e. The van der Waals surface area contributed by atoms with Crippen molar-refractivity contribution >= 4 is 72.7 Å². The number of fused-ring (bicyclic) bond motifs is 1. The van der Waals surface area contributed by atoms with Crippen LogP contribution in [0.4, 0.5) is 20.3 Å². The Hall–Kier alpha value is -6.41. The molecule has 5 amide bonds. The number of aliphatic hydroxyl groups is 1. The Morgan fingerprint density at radius 3 is 1.88 bits per heavy atom. The number of hydrogen-bond donors (Lipinski definition) is 5. The maximum atomic E-state index is 13.7. The van der Waals surface area contributed by atoms with E-state index < -0.39 is 42.6 Å². The molecule has 2 aliphatic heterocycles. The van der Waals surface area contributed by atoms with E-state index in [0.717, 1.165) is 19.8 Å². The first kappa shape index (κ1) is 41.7. The van der Waals surface area contributed by atoms with Crippen LogP contribution in [-0.4, -0.2) is 90.4 Å². The van der Waals surface area contributed by atoms with Gasteiger partial charge in [-0.1, -0.05) is 72.5 Å². The van der Waals surface area contributed by atoms with Gasteiger partial charge in [0, 0.05) is 33.7 Å². The second-order valence-corrected chi connectivity index (χ2v) is 16.4. The van der Waals surface area contributed by atoms with E-state index >= 15 is 0 Å². The van der Waals surface area contributed by atoms with Crippen LogP contribution >= 0.6 is 22.7 Å². The first-order valence-corrected chi connectivity index (χ1v) is 21.1. The van der Waals surface area contributed by atoms with Gasteiger partial charge in [0.25, 0.3) is 5.91 Å². The van der Waals surface area contributed by atoms with E-state index in [9.17, 15) is 29.1 Å². The molecule has 5 unspecified atom stereocenters. The summed E-state index contributed by atoms with van der Waals surface area (Å²) in [5, 5.41) is 23.3. The zero-order valence-electron chi connectivity index (χ0n) is 32.9. The highest BCUT2D eigenvalue weighted by Gasteiger charge is 2.40. The number of rotatable bonds is 11. The van der Waals surface area contributed by atoms with E-state index in [1.54, 1.807) is 53.4 Å². The van der Waals surface area contributed by atoms with Crippen LogP contribution in [0.15, 0.2) is 97.1 Å². The van der Waals surface area contributed by atoms with Crippen LogP contribution in [0.5, 0.6) is 0 Å². The average molecular weight is 849 g/mol. The number of anilines is 2. The first-order valence-electron chi connectivity index (χ1n) is 19.4. The fourth-order valence-electron chi connectivity index (χ4n) is 7.46. The highest BCUT2D eigenvalue weighted by molar-refractivity contribution is 7.30. The molecular formula is C44H44N6O8S2. The molecule has 0 radical (unpaired) electrons. The number of carbonyl (C=O) groups excluding carboxylic acids is 5. The first-order chi connectivity index (χ1) is 29.1. The van der Waals surface area contributed by atoms with E-state index in [1.165, 1.54) is 41.8 Å². The van der Waals surface area contributed by atoms with E-state index in [-0.39, 0.29) is 17.7 Å². The molecule has 14 nitrogen and oxygen atoms in total. The Bertz CT molecular complexity index is 2360. The lowest BCUT2D eigenvalue weighted by Crippen LogP contribution is -2.50. The average Bonchev–Trinajstić information content (AvgIpc) is 4.10. The summed E-state index contributed by atoms with van der Waals surface area (Å²) in [6, 6.07) is 25.9. The Kier molecular flexibility index (Phi) is 13.3. The lowest BCUT2D eigenvalue weighted by molar-refractivity contribution is -0.138. The zero-order valence-corrected chi connectivity index (χ0v) is 34.5. The van der Waals surface area contributed by atoms with Gasteiger partial charge in [-0.05, 0) is 73.2 Å². The van der Waals surface area contributed by atoms with Crippen LogP contribution in [0.1, 0.15) is 59.3 Å². The van der Waals surface area contributed by atoms with E-state index in [1.807, 2.05) is 48.5 Å². The summed E-state index contributed by atoms with van der Waals surface area (Å²) in [4.78, 5) is 69.2. The number of methoxy groups -OCH3 is 2. The maximum Gasteiger partial charge on any atom is 0.407 e. The zero-order chi connectivity index (χ0) is 42.2. The van der Waals surface area contributed by atoms with Gasteiger partial charge in [-0.2, -0.15) is 0 Å². The van der Waals surface area contributed by atoms with Crippen molar-refractivity contribution in [3.05, 3.63) is 119 Å². The molecule has 3 aromatic carbocycles. The number of benzene rings is 3. The number of hydrogen-bond acceptors (Lipinski definition) is 11. The summed E-state index contributed by atoms with van der Waals surface area (Å²) >= 11 is 2.93. The Morgan fingerprint density at radius 1 is 0.717 bits per heavy atom. The monoisotopic (exact) mass is 848 g/mol. The van der Waals surface area contributed by atoms with E-state index in [2.05, 4.69) is 33.1 Å². The molecule has 7 rings (SSSR count). The molecule has 16 heteroatoms. The van der Waals surface area contributed by atoms with E-state index in [0.29, 0.717) is 60.6 Å². The number of alkyl carbamates (subject to hydrolysis) is 2. The van der Waals surface area contributed by atoms with Crippen molar-refractivity contribution in [2.45, 2.75) is 56.1 Å². The number of nitrogens with zero attached hydrogens (tertiary/aromatic N) is 2. The molecule has 5 N–H and O–H groups in total. The normalized spacial score (nSPS) is 17.4. The van der Waals surface area contributed by atoms with Crippen molar-refractivity contribution in [2.75, 3.05) is 37.9 Å². The predicted molar refractivity (Wildman–Crippen MR) is 229 cm³/mol. The minimum atomic E-state index is -1.06. The molecule has 0 spiro atoms. The molecule has 2 fully saturated rings. The third-order valence-corrected chi connectivity index (χ3v) is 12.5. The topological polar surface area (TPSA) is 179 Å². The molecular weight excluding hydrogens is 805 g/mol. The molecule has 310 valence electrons. The summed E-state index contributed by atoms with van der Waals surface area (Å²) in [5.41, 5.74) is 2.63. The Balaban J connectivity index is 0.948. The number of carbonyl (C=O) groups is 5. The van der Waals surface area contributed by atoms with Gasteiger partial charge in [0.1, 0.15) is 24.4 Å². The lowest BCUT2D eigenvalue weighted by Gasteiger charge is -2.32. The fourth-order valence-corrected chi connectivity index (χ4v) is 9.62. The van der Waals surface area contributed by atoms with Gasteiger partial charge >= 0.3 is 12.2 Å². The quantitative estimate of drug-likeness (QED) is 0.0764. The number of likely N-dealkylation sites (tertiary alicyclic amines) is 2. The molecule has 0 saturated carbocycles. The Labute approximate surface area is 354 Å². The third kappa shape index (κ3) is 9.71. The van der Waals surface area contributed by atoms with Gasteiger partial charge < -0.3 is 45.6 Å². The molecule has 2 saturated heterocycles. The fraction of sp³-hybridized carbons (Fsp3) is 0.295. The molecule has 60 heavy (non-hydrogen) atoms. The molecule has 0 bridgehead atoms. The van der Waals surface area contributed by atoms with Crippen molar-refractivity contribution < 1.29 is 38.6 Å². The van der Waals surface area contributed by atoms with Crippen LogP contribution in [0.2, 0.25) is 0 Å². The summed E-state index contributed by atoms with van der Waals surface area (Å²) in [6.07, 6.45) is -0.0712. The van der Waals surface area contributed by atoms with Gasteiger partial charge in [0.2, 0.25) is 11.8 Å². The van der Waals surface area contributed by atoms with Crippen molar-refractivity contribution in [1.82, 2.24) is 20.4 Å². The molecule has 4 heterocycles. The van der Waals surface area contributed by atoms with Crippen molar-refractivity contribution in [2.24, 2.45) is 0 Å². The number of nitrogens with one attached hydrogen (secondary N) is 4. The number of amides is 5. The predicted octanol–water partition coefficient (Wildman–Crippen LogP) is 6.21. The van der Waals surface area contributed by atoms with Gasteiger partial charge in [-0.15, -0.1) is 22.7 Å². The summed E-state index contributed by atoms with van der Waals surface area (Å²) in [7, 11) is 2.48. The highest BCUT2D eigenvalue weighted by Crippen LogP contribution is 2.36. The van der Waals surface area contributed by atoms with Crippen LogP contribution in [0.3, 0.4) is 0 Å². The highest BCUT2D eigenvalue weighted by atomic mass is 32.1. The van der Waals surface area contributed by atoms with Crippen LogP contribution in [0, 0.1) is 11.8 Å². The minimum absolute atomic E-state index is 0.288. The lowest BCUT2D eigenvalue weighted by atomic mass is 10.0. The summed E-state index contributed by atoms with van der Waals surface area (Å²) in [6.45, 7) is 0.831. The molecule has 2 aromatic heterocycles. The summed E-state index contributed by atoms with van der Waals surface area (Å²) in [5.74, 6) is 5.41. The van der Waals surface area contributed by atoms with Crippen LogP contribution in [0.25, 0.3) is 9.40 Å². The summed E-state index contributed by atoms with van der Waals surface area (Å²) < 4.78 is 11.5. The van der Waals surface area contributed by atoms with Gasteiger partial charge in [0.05, 0.1) is 30.1 Å². The number of aliphatic hydroxyl groups excluding tert-OH is 1. The van der Waals surface area contributed by atoms with Crippen molar-refractivity contribution in [3.63, 3.8) is 0 Å². The largest absolute Gasteiger partial charge is 0.453 e. The molecule has 5 aromatic rings. The smallest absolute Gasteiger partial charge is 0.407 e. The van der Waals surface area contributed by atoms with Crippen molar-refractivity contribution in [1.29, 1.82) is 0 Å². The van der Waals surface area contributed by atoms with Crippen LogP contribution in [-0.2, 0) is 23.9 Å². The second-order valence-electron chi connectivity index (χ2n) is 14.2. The number of thiophene rings is 2. The number of ether oxygens (including phenoxy) is 2. The molecule has 0 aliphatic carbocycles. The molecule has 2 aliphatic rings. The second kappa shape index (κ2) is 19.1. The standard InChI is InChI=1S/C44H44N6O8S2/c1-57-43(55)47-37(28-11-5-3-6-12-28)41(53)49-23-9-15-32(49)39(51)45-30-20-17-27(18-21-30)19-22-31-25-34-35(59-31)26-36(60-34)46-40(52)33-16-10-24-50(33)42(54)38(48-44(56)58-2)29-13-7-4-8-14-29/h3-8,11-14,17-18,20-21,25-26,32-33,37-39,45,51H,9-10,15-16,23-24H2,1-2H3,(H,46,52)(H,47,55)(H,48,56). The SMILES string of the molecule is COC(=O)NC(C(=O)N1CCCC1C(=O)Nc1cc2sc(C#Cc3ccc(NC(O)C4CCCN4C(=O)C(NC(=O)OC)c4ccccc4)cc3)cc2s1)c1ccccc1. The van der Waals surface area contributed by atoms with Gasteiger partial charge in [-0.25, -0.2) is 9.59 Å². The maximum absolute atomic E-state index is 13.7. The van der Waals surface area contributed by atoms with E-state index in [4.69, 9.17) is 9.47 Å². The Morgan fingerprint density at radius 2 is 1.28 bits per heavy atom. The molecule has 5 atom stereocenters. The van der Waals surface area contributed by atoms with Crippen molar-refractivity contribution in [3.8, 4) is 11.8 Å². The third-order valence-electron chi connectivity index (χ3n) is 10.4.